The molecule has 0 aliphatic heterocycles. The van der Waals surface area contributed by atoms with E-state index in [0.29, 0.717) is 5.69 Å². The molecular weight excluding hydrogens is 328 g/mol. The molecule has 2 aromatic heterocycles. The minimum Gasteiger partial charge on any atom is -0.454 e. The molecule has 2 heterocycles. The first kappa shape index (κ1) is 15.1. The Morgan fingerprint density at radius 3 is 2.42 bits per heavy atom. The maximum atomic E-state index is 10.9. The van der Waals surface area contributed by atoms with Crippen LogP contribution in [0.2, 0.25) is 0 Å². The predicted molar refractivity (Wildman–Crippen MR) is 100 cm³/mol. The summed E-state index contributed by atoms with van der Waals surface area (Å²) in [7, 11) is 0. The van der Waals surface area contributed by atoms with E-state index >= 15 is 0 Å². The maximum Gasteiger partial charge on any atom is 0.269 e. The number of hydrogen-bond acceptors (Lipinski definition) is 4. The molecule has 0 radical (unpaired) electrons. The van der Waals surface area contributed by atoms with Crippen molar-refractivity contribution >= 4 is 27.6 Å². The zero-order valence-electron chi connectivity index (χ0n) is 14.1. The number of benzene rings is 2. The summed E-state index contributed by atoms with van der Waals surface area (Å²) < 4.78 is 6.19. The van der Waals surface area contributed by atoms with Gasteiger partial charge in [0.1, 0.15) is 11.3 Å². The lowest BCUT2D eigenvalue weighted by atomic mass is 9.90. The minimum atomic E-state index is -0.399. The summed E-state index contributed by atoms with van der Waals surface area (Å²) in [6, 6.07) is 12.8. The molecule has 5 heteroatoms. The largest absolute Gasteiger partial charge is 0.454 e. The van der Waals surface area contributed by atoms with Crippen molar-refractivity contribution in [2.24, 2.45) is 0 Å². The fourth-order valence-corrected chi connectivity index (χ4v) is 3.88. The third-order valence-corrected chi connectivity index (χ3v) is 5.20. The number of aromatic nitrogens is 1. The van der Waals surface area contributed by atoms with Gasteiger partial charge in [-0.15, -0.1) is 0 Å². The highest BCUT2D eigenvalue weighted by Crippen LogP contribution is 2.37. The normalized spacial score (nSPS) is 13.8. The Morgan fingerprint density at radius 2 is 1.69 bits per heavy atom. The number of nitro benzene ring substituents is 1. The van der Waals surface area contributed by atoms with Gasteiger partial charge in [0.2, 0.25) is 0 Å². The molecule has 1 aliphatic rings. The molecule has 0 saturated carbocycles. The number of fused-ring (bicyclic) bond motifs is 4. The molecule has 0 bridgehead atoms. The lowest BCUT2D eigenvalue weighted by Crippen LogP contribution is -2.01. The van der Waals surface area contributed by atoms with Crippen LogP contribution in [0.1, 0.15) is 24.0 Å². The topological polar surface area (TPSA) is 69.2 Å². The van der Waals surface area contributed by atoms with Crippen molar-refractivity contribution in [3.63, 3.8) is 0 Å². The number of hydrogen-bond donors (Lipinski definition) is 0. The van der Waals surface area contributed by atoms with Crippen molar-refractivity contribution in [2.75, 3.05) is 0 Å². The molecule has 26 heavy (non-hydrogen) atoms. The van der Waals surface area contributed by atoms with E-state index in [-0.39, 0.29) is 5.69 Å². The highest BCUT2D eigenvalue weighted by Gasteiger charge is 2.17. The Kier molecular flexibility index (Phi) is 3.28. The smallest absolute Gasteiger partial charge is 0.269 e. The summed E-state index contributed by atoms with van der Waals surface area (Å²) in [5, 5.41) is 13.0. The van der Waals surface area contributed by atoms with Crippen LogP contribution in [0.25, 0.3) is 33.2 Å². The molecule has 1 aliphatic carbocycles. The van der Waals surface area contributed by atoms with Gasteiger partial charge in [0.05, 0.1) is 4.92 Å². The lowest BCUT2D eigenvalue weighted by molar-refractivity contribution is -0.384. The molecule has 0 spiro atoms. The monoisotopic (exact) mass is 344 g/mol. The summed E-state index contributed by atoms with van der Waals surface area (Å²) in [5.74, 6) is 0. The number of pyridine rings is 1. The molecule has 4 aromatic rings. The lowest BCUT2D eigenvalue weighted by Gasteiger charge is -2.14. The van der Waals surface area contributed by atoms with Gasteiger partial charge in [-0.05, 0) is 67.1 Å². The number of nitrogens with zero attached hydrogens (tertiary/aromatic N) is 2. The minimum absolute atomic E-state index is 0.0678. The summed E-state index contributed by atoms with van der Waals surface area (Å²) in [6.45, 7) is 0. The molecule has 2 aromatic carbocycles. The van der Waals surface area contributed by atoms with E-state index < -0.39 is 4.92 Å². The van der Waals surface area contributed by atoms with E-state index in [1.54, 1.807) is 18.3 Å². The van der Waals surface area contributed by atoms with Crippen LogP contribution < -0.4 is 0 Å². The Hall–Kier alpha value is -3.21. The van der Waals surface area contributed by atoms with Crippen molar-refractivity contribution in [2.45, 2.75) is 25.7 Å². The average Bonchev–Trinajstić information content (AvgIpc) is 3.03. The van der Waals surface area contributed by atoms with E-state index in [9.17, 15) is 10.1 Å². The third kappa shape index (κ3) is 2.28. The number of rotatable bonds is 2. The maximum absolute atomic E-state index is 10.9. The molecule has 0 amide bonds. The first-order valence-corrected chi connectivity index (χ1v) is 8.78. The molecule has 0 fully saturated rings. The molecule has 5 nitrogen and oxygen atoms in total. The molecule has 0 atom stereocenters. The van der Waals surface area contributed by atoms with E-state index in [1.807, 2.05) is 6.07 Å². The Labute approximate surface area is 149 Å². The number of nitro groups is 1. The molecule has 0 saturated heterocycles. The fraction of sp³-hybridized carbons (Fsp3) is 0.190. The number of furan rings is 1. The fourth-order valence-electron chi connectivity index (χ4n) is 3.88. The van der Waals surface area contributed by atoms with Crippen LogP contribution in [0.15, 0.2) is 53.1 Å². The third-order valence-electron chi connectivity index (χ3n) is 5.20. The SMILES string of the molecule is O=[N+]([O-])c1ccc(-c2nccc3c2oc2cc4c(cc23)CCCC4)cc1. The molecule has 128 valence electrons. The van der Waals surface area contributed by atoms with Crippen molar-refractivity contribution in [3.8, 4) is 11.3 Å². The van der Waals surface area contributed by atoms with E-state index in [1.165, 1.54) is 36.1 Å². The zero-order chi connectivity index (χ0) is 17.7. The van der Waals surface area contributed by atoms with Gasteiger partial charge in [-0.1, -0.05) is 0 Å². The van der Waals surface area contributed by atoms with Crippen LogP contribution in [0, 0.1) is 10.1 Å². The van der Waals surface area contributed by atoms with Crippen molar-refractivity contribution in [1.29, 1.82) is 0 Å². The van der Waals surface area contributed by atoms with Crippen molar-refractivity contribution < 1.29 is 9.34 Å². The van der Waals surface area contributed by atoms with Crippen LogP contribution in [0.3, 0.4) is 0 Å². The van der Waals surface area contributed by atoms with Gasteiger partial charge in [-0.3, -0.25) is 15.1 Å². The predicted octanol–water partition coefficient (Wildman–Crippen LogP) is 5.44. The van der Waals surface area contributed by atoms with Crippen LogP contribution in [-0.2, 0) is 12.8 Å². The molecule has 5 rings (SSSR count). The van der Waals surface area contributed by atoms with E-state index in [4.69, 9.17) is 4.42 Å². The van der Waals surface area contributed by atoms with Crippen LogP contribution >= 0.6 is 0 Å². The van der Waals surface area contributed by atoms with Gasteiger partial charge in [-0.2, -0.15) is 0 Å². The van der Waals surface area contributed by atoms with Gasteiger partial charge < -0.3 is 4.42 Å². The molecular formula is C21H16N2O3. The molecule has 0 N–H and O–H groups in total. The zero-order valence-corrected chi connectivity index (χ0v) is 14.1. The standard InChI is InChI=1S/C21H16N2O3/c24-23(25)16-7-5-13(6-8-16)20-21-17(9-10-22-20)18-11-14-3-1-2-4-15(14)12-19(18)26-21/h5-12H,1-4H2. The van der Waals surface area contributed by atoms with Gasteiger partial charge >= 0.3 is 0 Å². The first-order chi connectivity index (χ1) is 12.7. The number of aryl methyl sites for hydroxylation is 2. The van der Waals surface area contributed by atoms with Crippen LogP contribution in [-0.4, -0.2) is 9.91 Å². The Morgan fingerprint density at radius 1 is 0.962 bits per heavy atom. The van der Waals surface area contributed by atoms with Crippen LogP contribution in [0.4, 0.5) is 5.69 Å². The van der Waals surface area contributed by atoms with Gasteiger partial charge in [0.15, 0.2) is 5.58 Å². The summed E-state index contributed by atoms with van der Waals surface area (Å²) in [6.07, 6.45) is 6.47. The first-order valence-electron chi connectivity index (χ1n) is 8.78. The second-order valence-electron chi connectivity index (χ2n) is 6.77. The van der Waals surface area contributed by atoms with E-state index in [0.717, 1.165) is 40.3 Å². The summed E-state index contributed by atoms with van der Waals surface area (Å²) in [4.78, 5) is 15.0. The Balaban J connectivity index is 1.72. The Bertz CT molecular complexity index is 1160. The van der Waals surface area contributed by atoms with E-state index in [2.05, 4.69) is 17.1 Å². The highest BCUT2D eigenvalue weighted by molar-refractivity contribution is 6.09. The average molecular weight is 344 g/mol. The van der Waals surface area contributed by atoms with Gasteiger partial charge in [-0.25, -0.2) is 0 Å². The quantitative estimate of drug-likeness (QED) is 0.359. The van der Waals surface area contributed by atoms with Crippen molar-refractivity contribution in [3.05, 3.63) is 69.9 Å². The molecule has 0 unspecified atom stereocenters. The van der Waals surface area contributed by atoms with Crippen molar-refractivity contribution in [1.82, 2.24) is 4.98 Å². The highest BCUT2D eigenvalue weighted by atomic mass is 16.6. The van der Waals surface area contributed by atoms with Crippen LogP contribution in [0.5, 0.6) is 0 Å². The summed E-state index contributed by atoms with van der Waals surface area (Å²) >= 11 is 0. The second kappa shape index (κ2) is 5.66. The number of non-ortho nitro benzene ring substituents is 1. The van der Waals surface area contributed by atoms with Gasteiger partial charge in [0.25, 0.3) is 5.69 Å². The summed E-state index contributed by atoms with van der Waals surface area (Å²) in [5.41, 5.74) is 6.01. The second-order valence-corrected chi connectivity index (χ2v) is 6.77. The van der Waals surface area contributed by atoms with Gasteiger partial charge in [0, 0.05) is 34.7 Å².